The fourth-order valence-electron chi connectivity index (χ4n) is 3.06. The van der Waals surface area contributed by atoms with E-state index in [4.69, 9.17) is 0 Å². The van der Waals surface area contributed by atoms with E-state index in [1.54, 1.807) is 24.7 Å². The smallest absolute Gasteiger partial charge is 0.337 e. The molecular weight excluding hydrogens is 306 g/mol. The van der Waals surface area contributed by atoms with E-state index in [-0.39, 0.29) is 5.56 Å². The summed E-state index contributed by atoms with van der Waals surface area (Å²) < 4.78 is 1.94. The van der Waals surface area contributed by atoms with E-state index >= 15 is 0 Å². The predicted molar refractivity (Wildman–Crippen MR) is 90.8 cm³/mol. The van der Waals surface area contributed by atoms with Gasteiger partial charge in [0.2, 0.25) is 5.95 Å². The SMILES string of the molecule is O=C(O)c1ccc2ccc(N3CCN(c4ncccn4)CC3)n2c1. The first kappa shape index (κ1) is 14.5. The van der Waals surface area contributed by atoms with Gasteiger partial charge in [0.25, 0.3) is 0 Å². The number of anilines is 2. The average Bonchev–Trinajstić information content (AvgIpc) is 3.06. The zero-order valence-corrected chi connectivity index (χ0v) is 13.0. The van der Waals surface area contributed by atoms with Crippen LogP contribution >= 0.6 is 0 Å². The maximum Gasteiger partial charge on any atom is 0.337 e. The number of fused-ring (bicyclic) bond motifs is 1. The first-order chi connectivity index (χ1) is 11.7. The van der Waals surface area contributed by atoms with Crippen LogP contribution in [0.2, 0.25) is 0 Å². The van der Waals surface area contributed by atoms with Crippen molar-refractivity contribution < 1.29 is 9.90 Å². The number of rotatable bonds is 3. The highest BCUT2D eigenvalue weighted by atomic mass is 16.4. The predicted octanol–water partition coefficient (Wildman–Crippen LogP) is 1.75. The third-order valence-corrected chi connectivity index (χ3v) is 4.32. The largest absolute Gasteiger partial charge is 0.478 e. The number of carboxylic acid groups (broad SMARTS) is 1. The molecule has 1 aliphatic rings. The molecule has 1 fully saturated rings. The van der Waals surface area contributed by atoms with Crippen LogP contribution in [0.25, 0.3) is 5.52 Å². The van der Waals surface area contributed by atoms with Gasteiger partial charge in [0.1, 0.15) is 5.82 Å². The van der Waals surface area contributed by atoms with Gasteiger partial charge in [-0.3, -0.25) is 0 Å². The summed E-state index contributed by atoms with van der Waals surface area (Å²) in [5, 5.41) is 9.20. The molecule has 7 heteroatoms. The molecule has 4 heterocycles. The monoisotopic (exact) mass is 323 g/mol. The van der Waals surface area contributed by atoms with Crippen molar-refractivity contribution in [2.75, 3.05) is 36.0 Å². The molecule has 4 rings (SSSR count). The fraction of sp³-hybridized carbons (Fsp3) is 0.235. The van der Waals surface area contributed by atoms with Gasteiger partial charge >= 0.3 is 5.97 Å². The second-order valence-electron chi connectivity index (χ2n) is 5.73. The van der Waals surface area contributed by atoms with E-state index in [0.717, 1.165) is 43.5 Å². The normalized spacial score (nSPS) is 15.0. The van der Waals surface area contributed by atoms with Crippen LogP contribution in [-0.2, 0) is 0 Å². The van der Waals surface area contributed by atoms with Gasteiger partial charge in [-0.15, -0.1) is 0 Å². The molecule has 7 nitrogen and oxygen atoms in total. The Bertz CT molecular complexity index is 869. The number of carbonyl (C=O) groups is 1. The Labute approximate surface area is 138 Å². The second-order valence-corrected chi connectivity index (χ2v) is 5.73. The Hall–Kier alpha value is -3.09. The lowest BCUT2D eigenvalue weighted by atomic mass is 10.3. The number of pyridine rings is 1. The fourth-order valence-corrected chi connectivity index (χ4v) is 3.06. The summed E-state index contributed by atoms with van der Waals surface area (Å²) in [6.45, 7) is 3.33. The molecule has 0 amide bonds. The maximum atomic E-state index is 11.2. The Morgan fingerprint density at radius 3 is 2.33 bits per heavy atom. The molecule has 3 aromatic rings. The summed E-state index contributed by atoms with van der Waals surface area (Å²) in [4.78, 5) is 24.2. The molecule has 0 aromatic carbocycles. The summed E-state index contributed by atoms with van der Waals surface area (Å²) >= 11 is 0. The number of hydrogen-bond acceptors (Lipinski definition) is 5. The van der Waals surface area contributed by atoms with E-state index in [1.807, 2.05) is 28.7 Å². The quantitative estimate of drug-likeness (QED) is 0.792. The van der Waals surface area contributed by atoms with E-state index in [1.165, 1.54) is 0 Å². The summed E-state index contributed by atoms with van der Waals surface area (Å²) in [6.07, 6.45) is 5.19. The van der Waals surface area contributed by atoms with Gasteiger partial charge in [-0.05, 0) is 30.3 Å². The van der Waals surface area contributed by atoms with Crippen molar-refractivity contribution in [3.8, 4) is 0 Å². The average molecular weight is 323 g/mol. The highest BCUT2D eigenvalue weighted by Gasteiger charge is 2.21. The number of hydrogen-bond donors (Lipinski definition) is 1. The molecule has 1 N–H and O–H groups in total. The molecule has 0 aliphatic carbocycles. The van der Waals surface area contributed by atoms with Gasteiger partial charge in [-0.1, -0.05) is 0 Å². The highest BCUT2D eigenvalue weighted by molar-refractivity contribution is 5.88. The summed E-state index contributed by atoms with van der Waals surface area (Å²) in [5.41, 5.74) is 1.28. The van der Waals surface area contributed by atoms with E-state index in [0.29, 0.717) is 0 Å². The first-order valence-electron chi connectivity index (χ1n) is 7.84. The van der Waals surface area contributed by atoms with E-state index in [9.17, 15) is 9.90 Å². The van der Waals surface area contributed by atoms with Crippen molar-refractivity contribution >= 4 is 23.3 Å². The van der Waals surface area contributed by atoms with Crippen LogP contribution in [0.1, 0.15) is 10.4 Å². The van der Waals surface area contributed by atoms with Crippen LogP contribution in [0.4, 0.5) is 11.8 Å². The summed E-state index contributed by atoms with van der Waals surface area (Å²) in [5.74, 6) is 0.856. The van der Waals surface area contributed by atoms with Crippen molar-refractivity contribution in [1.29, 1.82) is 0 Å². The van der Waals surface area contributed by atoms with Crippen LogP contribution in [-0.4, -0.2) is 51.6 Å². The zero-order chi connectivity index (χ0) is 16.5. The van der Waals surface area contributed by atoms with Gasteiger partial charge in [-0.2, -0.15) is 0 Å². The number of aromatic carboxylic acids is 1. The minimum Gasteiger partial charge on any atom is -0.478 e. The minimum atomic E-state index is -0.914. The van der Waals surface area contributed by atoms with Gasteiger partial charge in [0, 0.05) is 50.3 Å². The molecule has 1 saturated heterocycles. The summed E-state index contributed by atoms with van der Waals surface area (Å²) in [7, 11) is 0. The number of nitrogens with zero attached hydrogens (tertiary/aromatic N) is 5. The second kappa shape index (κ2) is 5.84. The first-order valence-corrected chi connectivity index (χ1v) is 7.84. The van der Waals surface area contributed by atoms with E-state index < -0.39 is 5.97 Å². The van der Waals surface area contributed by atoms with Gasteiger partial charge < -0.3 is 19.3 Å². The molecule has 0 saturated carbocycles. The van der Waals surface area contributed by atoms with Gasteiger partial charge in [0.15, 0.2) is 0 Å². The van der Waals surface area contributed by atoms with Crippen molar-refractivity contribution in [1.82, 2.24) is 14.4 Å². The maximum absolute atomic E-state index is 11.2. The summed E-state index contributed by atoms with van der Waals surface area (Å²) in [6, 6.07) is 9.32. The zero-order valence-electron chi connectivity index (χ0n) is 13.0. The van der Waals surface area contributed by atoms with Crippen LogP contribution in [0.3, 0.4) is 0 Å². The van der Waals surface area contributed by atoms with Gasteiger partial charge in [-0.25, -0.2) is 14.8 Å². The molecule has 1 aliphatic heterocycles. The standard InChI is InChI=1S/C17H17N5O2/c23-16(24)13-2-3-14-4-5-15(22(14)12-13)20-8-10-21(11-9-20)17-18-6-1-7-19-17/h1-7,12H,8-11H2,(H,23,24). The van der Waals surface area contributed by atoms with Crippen molar-refractivity contribution in [3.05, 3.63) is 54.5 Å². The van der Waals surface area contributed by atoms with Crippen molar-refractivity contribution in [2.45, 2.75) is 0 Å². The van der Waals surface area contributed by atoms with Crippen LogP contribution in [0.5, 0.6) is 0 Å². The van der Waals surface area contributed by atoms with Crippen molar-refractivity contribution in [3.63, 3.8) is 0 Å². The highest BCUT2D eigenvalue weighted by Crippen LogP contribution is 2.22. The molecular formula is C17H17N5O2. The minimum absolute atomic E-state index is 0.288. The molecule has 0 bridgehead atoms. The van der Waals surface area contributed by atoms with Crippen molar-refractivity contribution in [2.24, 2.45) is 0 Å². The van der Waals surface area contributed by atoms with Gasteiger partial charge in [0.05, 0.1) is 5.56 Å². The molecule has 3 aromatic heterocycles. The Kier molecular flexibility index (Phi) is 3.53. The topological polar surface area (TPSA) is 74.0 Å². The lowest BCUT2D eigenvalue weighted by Crippen LogP contribution is -2.47. The van der Waals surface area contributed by atoms with Crippen LogP contribution in [0.15, 0.2) is 48.9 Å². The number of aromatic nitrogens is 3. The Morgan fingerprint density at radius 2 is 1.62 bits per heavy atom. The lowest BCUT2D eigenvalue weighted by molar-refractivity contribution is 0.0696. The molecule has 0 atom stereocenters. The molecule has 24 heavy (non-hydrogen) atoms. The lowest BCUT2D eigenvalue weighted by Gasteiger charge is -2.35. The van der Waals surface area contributed by atoms with E-state index in [2.05, 4.69) is 19.8 Å². The molecule has 122 valence electrons. The molecule has 0 unspecified atom stereocenters. The Morgan fingerprint density at radius 1 is 0.958 bits per heavy atom. The third kappa shape index (κ3) is 2.54. The third-order valence-electron chi connectivity index (χ3n) is 4.32. The molecule has 0 spiro atoms. The van der Waals surface area contributed by atoms with Crippen LogP contribution in [0, 0.1) is 0 Å². The van der Waals surface area contributed by atoms with Crippen LogP contribution < -0.4 is 9.80 Å². The molecule has 0 radical (unpaired) electrons. The number of carboxylic acids is 1. The number of piperazine rings is 1. The Balaban J connectivity index is 1.56.